The maximum absolute atomic E-state index is 11.8. The Hall–Kier alpha value is -1.45. The third kappa shape index (κ3) is 2.62. The fraction of sp³-hybridized carbons (Fsp3) is 0. The molecule has 0 radical (unpaired) electrons. The smallest absolute Gasteiger partial charge is 0.292 e. The number of rotatable bonds is 3. The number of hydrogen-bond donors (Lipinski definition) is 2. The van der Waals surface area contributed by atoms with E-state index in [1.165, 1.54) is 12.3 Å². The maximum atomic E-state index is 11.8. The first kappa shape index (κ1) is 12.0. The largest absolute Gasteiger partial charge is 0.374 e. The van der Waals surface area contributed by atoms with Gasteiger partial charge in [-0.15, -0.1) is 10.2 Å². The summed E-state index contributed by atoms with van der Waals surface area (Å²) in [5.74, 6) is 0.0305. The van der Waals surface area contributed by atoms with Gasteiger partial charge in [0.05, 0.1) is 5.02 Å². The minimum absolute atomic E-state index is 0.0305. The highest BCUT2D eigenvalue weighted by atomic mass is 35.5. The summed E-state index contributed by atoms with van der Waals surface area (Å²) >= 11 is 6.53. The molecule has 7 nitrogen and oxygen atoms in total. The summed E-state index contributed by atoms with van der Waals surface area (Å²) in [6, 6.07) is 3.10. The molecule has 0 unspecified atom stereocenters. The van der Waals surface area contributed by atoms with Crippen LogP contribution < -0.4 is 10.5 Å². The first-order valence-electron chi connectivity index (χ1n) is 4.21. The number of anilines is 2. The third-order valence-electron chi connectivity index (χ3n) is 1.64. The standard InChI is InChI=1S/C7H6ClN5O2S2/c8-4-2-1-3-10-5(4)13-17(14,15)7-12-11-6(9)16-7/h1-3H,(H2,9,11)(H,10,13). The van der Waals surface area contributed by atoms with E-state index in [-0.39, 0.29) is 20.3 Å². The Bertz CT molecular complexity index is 641. The highest BCUT2D eigenvalue weighted by Crippen LogP contribution is 2.23. The summed E-state index contributed by atoms with van der Waals surface area (Å²) in [7, 11) is -3.85. The van der Waals surface area contributed by atoms with Gasteiger partial charge in [0.2, 0.25) is 5.13 Å². The topological polar surface area (TPSA) is 111 Å². The van der Waals surface area contributed by atoms with Crippen molar-refractivity contribution in [2.24, 2.45) is 0 Å². The zero-order valence-electron chi connectivity index (χ0n) is 8.16. The quantitative estimate of drug-likeness (QED) is 0.871. The lowest BCUT2D eigenvalue weighted by Crippen LogP contribution is -2.14. The van der Waals surface area contributed by atoms with Gasteiger partial charge in [-0.25, -0.2) is 4.98 Å². The van der Waals surface area contributed by atoms with Crippen LogP contribution in [0.3, 0.4) is 0 Å². The van der Waals surface area contributed by atoms with Crippen molar-refractivity contribution in [1.82, 2.24) is 15.2 Å². The van der Waals surface area contributed by atoms with E-state index in [9.17, 15) is 8.42 Å². The average molecular weight is 292 g/mol. The maximum Gasteiger partial charge on any atom is 0.292 e. The Morgan fingerprint density at radius 1 is 1.41 bits per heavy atom. The van der Waals surface area contributed by atoms with Gasteiger partial charge in [0.15, 0.2) is 5.82 Å². The predicted octanol–water partition coefficient (Wildman–Crippen LogP) is 0.969. The molecule has 0 aliphatic rings. The second-order valence-corrected chi connectivity index (χ2v) is 6.12. The van der Waals surface area contributed by atoms with Crippen LogP contribution in [0.25, 0.3) is 0 Å². The van der Waals surface area contributed by atoms with Crippen molar-refractivity contribution in [3.05, 3.63) is 23.4 Å². The summed E-state index contributed by atoms with van der Waals surface area (Å²) in [5.41, 5.74) is 5.31. The number of halogens is 1. The number of aromatic nitrogens is 3. The van der Waals surface area contributed by atoms with Crippen LogP contribution in [0.15, 0.2) is 22.7 Å². The third-order valence-corrected chi connectivity index (χ3v) is 4.41. The SMILES string of the molecule is Nc1nnc(S(=O)(=O)Nc2ncccc2Cl)s1. The Labute approximate surface area is 106 Å². The molecular weight excluding hydrogens is 286 g/mol. The van der Waals surface area contributed by atoms with E-state index >= 15 is 0 Å². The average Bonchev–Trinajstić information content (AvgIpc) is 2.69. The summed E-state index contributed by atoms with van der Waals surface area (Å²) in [5, 5.41) is 7.11. The van der Waals surface area contributed by atoms with Gasteiger partial charge < -0.3 is 5.73 Å². The highest BCUT2D eigenvalue weighted by Gasteiger charge is 2.21. The molecule has 17 heavy (non-hydrogen) atoms. The molecule has 90 valence electrons. The van der Waals surface area contributed by atoms with Crippen LogP contribution in [-0.2, 0) is 10.0 Å². The Kier molecular flexibility index (Phi) is 3.13. The molecule has 0 bridgehead atoms. The second kappa shape index (κ2) is 4.43. The van der Waals surface area contributed by atoms with E-state index in [0.717, 1.165) is 11.3 Å². The Balaban J connectivity index is 2.33. The number of sulfonamides is 1. The minimum Gasteiger partial charge on any atom is -0.374 e. The molecule has 0 spiro atoms. The van der Waals surface area contributed by atoms with Gasteiger partial charge in [0, 0.05) is 6.20 Å². The lowest BCUT2D eigenvalue weighted by atomic mass is 10.5. The molecule has 0 saturated carbocycles. The van der Waals surface area contributed by atoms with E-state index in [4.69, 9.17) is 17.3 Å². The van der Waals surface area contributed by atoms with Crippen LogP contribution in [-0.4, -0.2) is 23.6 Å². The molecule has 2 aromatic rings. The van der Waals surface area contributed by atoms with Crippen LogP contribution in [0.5, 0.6) is 0 Å². The van der Waals surface area contributed by atoms with Crippen LogP contribution in [0, 0.1) is 0 Å². The van der Waals surface area contributed by atoms with Crippen molar-refractivity contribution < 1.29 is 8.42 Å². The van der Waals surface area contributed by atoms with Crippen molar-refractivity contribution in [2.75, 3.05) is 10.5 Å². The van der Waals surface area contributed by atoms with Crippen LogP contribution in [0.1, 0.15) is 0 Å². The molecule has 0 amide bonds. The predicted molar refractivity (Wildman–Crippen MR) is 64.4 cm³/mol. The van der Waals surface area contributed by atoms with E-state index in [1.807, 2.05) is 0 Å². The summed E-state index contributed by atoms with van der Waals surface area (Å²) in [6.45, 7) is 0. The van der Waals surface area contributed by atoms with E-state index < -0.39 is 10.0 Å². The van der Waals surface area contributed by atoms with Crippen molar-refractivity contribution in [1.29, 1.82) is 0 Å². The molecule has 0 aliphatic carbocycles. The molecule has 0 saturated heterocycles. The van der Waals surface area contributed by atoms with Gasteiger partial charge in [-0.1, -0.05) is 22.9 Å². The van der Waals surface area contributed by atoms with Crippen LogP contribution >= 0.6 is 22.9 Å². The minimum atomic E-state index is -3.85. The van der Waals surface area contributed by atoms with Gasteiger partial charge in [-0.2, -0.15) is 8.42 Å². The van der Waals surface area contributed by atoms with Crippen LogP contribution in [0.2, 0.25) is 5.02 Å². The monoisotopic (exact) mass is 291 g/mol. The van der Waals surface area contributed by atoms with Crippen molar-refractivity contribution >= 4 is 43.9 Å². The normalized spacial score (nSPS) is 11.4. The van der Waals surface area contributed by atoms with Gasteiger partial charge in [-0.05, 0) is 12.1 Å². The molecule has 0 aliphatic heterocycles. The van der Waals surface area contributed by atoms with E-state index in [0.29, 0.717) is 0 Å². The molecule has 2 aromatic heterocycles. The van der Waals surface area contributed by atoms with E-state index in [2.05, 4.69) is 19.9 Å². The van der Waals surface area contributed by atoms with Gasteiger partial charge in [0.1, 0.15) is 0 Å². The fourth-order valence-corrected chi connectivity index (χ4v) is 3.00. The molecular formula is C7H6ClN5O2S2. The van der Waals surface area contributed by atoms with Crippen LogP contribution in [0.4, 0.5) is 10.9 Å². The first-order valence-corrected chi connectivity index (χ1v) is 6.89. The lowest BCUT2D eigenvalue weighted by Gasteiger charge is -2.04. The summed E-state index contributed by atoms with van der Waals surface area (Å²) in [6.07, 6.45) is 1.41. The Morgan fingerprint density at radius 2 is 2.18 bits per heavy atom. The van der Waals surface area contributed by atoms with Gasteiger partial charge >= 0.3 is 0 Å². The van der Waals surface area contributed by atoms with Crippen molar-refractivity contribution in [2.45, 2.75) is 4.34 Å². The Morgan fingerprint density at radius 3 is 2.76 bits per heavy atom. The molecule has 3 N–H and O–H groups in total. The van der Waals surface area contributed by atoms with Crippen molar-refractivity contribution in [3.8, 4) is 0 Å². The zero-order valence-corrected chi connectivity index (χ0v) is 10.6. The fourth-order valence-electron chi connectivity index (χ4n) is 0.961. The summed E-state index contributed by atoms with van der Waals surface area (Å²) < 4.78 is 25.6. The number of pyridine rings is 1. The molecule has 0 atom stereocenters. The number of nitrogens with two attached hydrogens (primary N) is 1. The molecule has 0 aromatic carbocycles. The van der Waals surface area contributed by atoms with Crippen molar-refractivity contribution in [3.63, 3.8) is 0 Å². The highest BCUT2D eigenvalue weighted by molar-refractivity contribution is 7.94. The molecule has 10 heteroatoms. The molecule has 2 heterocycles. The van der Waals surface area contributed by atoms with E-state index in [1.54, 1.807) is 6.07 Å². The van der Waals surface area contributed by atoms with Gasteiger partial charge in [-0.3, -0.25) is 4.72 Å². The molecule has 2 rings (SSSR count). The summed E-state index contributed by atoms with van der Waals surface area (Å²) in [4.78, 5) is 3.80. The lowest BCUT2D eigenvalue weighted by molar-refractivity contribution is 0.599. The zero-order chi connectivity index (χ0) is 12.5. The number of nitrogens with one attached hydrogen (secondary N) is 1. The number of hydrogen-bond acceptors (Lipinski definition) is 7. The number of nitrogens with zero attached hydrogens (tertiary/aromatic N) is 3. The molecule has 0 fully saturated rings. The van der Waals surface area contributed by atoms with Gasteiger partial charge in [0.25, 0.3) is 14.4 Å². The first-order chi connectivity index (χ1) is 7.99. The number of nitrogen functional groups attached to an aromatic ring is 1. The second-order valence-electron chi connectivity index (χ2n) is 2.85.